The van der Waals surface area contributed by atoms with E-state index in [1.165, 1.54) is 49.7 Å². The monoisotopic (exact) mass is 716 g/mol. The minimum Gasteiger partial charge on any atom is -0.496 e. The number of rotatable bonds is 11. The van der Waals surface area contributed by atoms with Crippen molar-refractivity contribution in [2.24, 2.45) is 0 Å². The molecule has 1 aromatic carbocycles. The molecule has 3 amide bonds. The van der Waals surface area contributed by atoms with Crippen LogP contribution in [0.3, 0.4) is 0 Å². The Morgan fingerprint density at radius 1 is 1.14 bits per heavy atom. The van der Waals surface area contributed by atoms with E-state index < -0.39 is 23.4 Å². The summed E-state index contributed by atoms with van der Waals surface area (Å²) in [5, 5.41) is 5.56. The number of methoxy groups -OCH3 is 2. The summed E-state index contributed by atoms with van der Waals surface area (Å²) < 4.78 is 32.5. The molecule has 1 atom stereocenters. The van der Waals surface area contributed by atoms with Crippen LogP contribution in [-0.2, 0) is 16.1 Å². The number of hydrogen-bond donors (Lipinski definition) is 2. The molecule has 0 radical (unpaired) electrons. The van der Waals surface area contributed by atoms with Gasteiger partial charge in [0.1, 0.15) is 17.0 Å². The third-order valence-electron chi connectivity index (χ3n) is 7.91. The lowest BCUT2D eigenvalue weighted by atomic mass is 10.0. The van der Waals surface area contributed by atoms with Crippen molar-refractivity contribution in [3.63, 3.8) is 0 Å². The smallest absolute Gasteiger partial charge is 0.410 e. The summed E-state index contributed by atoms with van der Waals surface area (Å²) in [5.74, 6) is -0.847. The Labute approximate surface area is 300 Å². The number of halogens is 2. The minimum atomic E-state index is -0.756. The molecule has 0 saturated carbocycles. The quantitative estimate of drug-likeness (QED) is 0.169. The molecule has 266 valence electrons. The summed E-state index contributed by atoms with van der Waals surface area (Å²) in [6.07, 6.45) is 4.90. The van der Waals surface area contributed by atoms with Crippen LogP contribution in [-0.4, -0.2) is 70.2 Å². The van der Waals surface area contributed by atoms with Crippen molar-refractivity contribution >= 4 is 41.3 Å². The molecular formula is C37H38ClFN6O6. The van der Waals surface area contributed by atoms with Gasteiger partial charge < -0.3 is 29.7 Å². The summed E-state index contributed by atoms with van der Waals surface area (Å²) in [6, 6.07) is 10.8. The second-order valence-electron chi connectivity index (χ2n) is 12.7. The van der Waals surface area contributed by atoms with Gasteiger partial charge in [-0.25, -0.2) is 14.2 Å². The molecule has 0 aliphatic carbocycles. The SMILES string of the molecule is C=Cc1cnc(C(=O)Nc2cccc(-c3nccc(-c4ccc(CN(C[C@@H]5CCC(=O)N5)C(=O)OC(C)(C)C)c(OC)n4)c3Cl)c2F)cc1OC. The molecule has 4 heterocycles. The molecule has 0 bridgehead atoms. The van der Waals surface area contributed by atoms with Crippen molar-refractivity contribution in [3.05, 3.63) is 89.1 Å². The molecule has 3 aromatic heterocycles. The molecule has 51 heavy (non-hydrogen) atoms. The number of nitrogens with zero attached hydrogens (tertiary/aromatic N) is 4. The third kappa shape index (κ3) is 8.61. The lowest BCUT2D eigenvalue weighted by Gasteiger charge is -2.29. The van der Waals surface area contributed by atoms with Gasteiger partial charge in [-0.2, -0.15) is 0 Å². The molecule has 5 rings (SSSR count). The molecule has 1 aliphatic heterocycles. The number of amides is 3. The van der Waals surface area contributed by atoms with Gasteiger partial charge in [-0.15, -0.1) is 0 Å². The van der Waals surface area contributed by atoms with Crippen LogP contribution in [0.25, 0.3) is 28.6 Å². The fourth-order valence-corrected chi connectivity index (χ4v) is 5.77. The lowest BCUT2D eigenvalue weighted by molar-refractivity contribution is -0.119. The van der Waals surface area contributed by atoms with Crippen LogP contribution in [0.15, 0.2) is 61.4 Å². The van der Waals surface area contributed by atoms with E-state index in [1.807, 2.05) is 0 Å². The van der Waals surface area contributed by atoms with Crippen LogP contribution >= 0.6 is 11.6 Å². The summed E-state index contributed by atoms with van der Waals surface area (Å²) in [7, 11) is 2.91. The van der Waals surface area contributed by atoms with Crippen molar-refractivity contribution in [1.29, 1.82) is 0 Å². The number of benzene rings is 1. The second-order valence-corrected chi connectivity index (χ2v) is 13.1. The first-order valence-corrected chi connectivity index (χ1v) is 16.4. The zero-order valence-electron chi connectivity index (χ0n) is 28.9. The van der Waals surface area contributed by atoms with Gasteiger partial charge in [0.05, 0.1) is 42.9 Å². The first kappa shape index (κ1) is 36.7. The van der Waals surface area contributed by atoms with Crippen LogP contribution in [0, 0.1) is 5.82 Å². The number of hydrogen-bond acceptors (Lipinski definition) is 9. The molecule has 0 unspecified atom stereocenters. The predicted octanol–water partition coefficient (Wildman–Crippen LogP) is 6.93. The highest BCUT2D eigenvalue weighted by Crippen LogP contribution is 2.38. The van der Waals surface area contributed by atoms with Gasteiger partial charge in [0.15, 0.2) is 5.82 Å². The molecule has 1 fully saturated rings. The maximum absolute atomic E-state index is 16.0. The van der Waals surface area contributed by atoms with Crippen molar-refractivity contribution in [3.8, 4) is 34.1 Å². The van der Waals surface area contributed by atoms with Crippen molar-refractivity contribution in [2.45, 2.75) is 51.8 Å². The van der Waals surface area contributed by atoms with Gasteiger partial charge >= 0.3 is 6.09 Å². The van der Waals surface area contributed by atoms with Crippen molar-refractivity contribution < 1.29 is 33.0 Å². The average Bonchev–Trinajstić information content (AvgIpc) is 3.52. The molecule has 14 heteroatoms. The fraction of sp³-hybridized carbons (Fsp3) is 0.297. The van der Waals surface area contributed by atoms with Gasteiger partial charge in [-0.3, -0.25) is 19.6 Å². The third-order valence-corrected chi connectivity index (χ3v) is 8.29. The molecule has 12 nitrogen and oxygen atoms in total. The highest BCUT2D eigenvalue weighted by molar-refractivity contribution is 6.35. The van der Waals surface area contributed by atoms with E-state index in [1.54, 1.807) is 51.1 Å². The summed E-state index contributed by atoms with van der Waals surface area (Å²) in [4.78, 5) is 52.7. The summed E-state index contributed by atoms with van der Waals surface area (Å²) in [6.45, 7) is 9.36. The van der Waals surface area contributed by atoms with Crippen LogP contribution in [0.4, 0.5) is 14.9 Å². The van der Waals surface area contributed by atoms with E-state index >= 15 is 4.39 Å². The summed E-state index contributed by atoms with van der Waals surface area (Å²) in [5.41, 5.74) is 1.38. The minimum absolute atomic E-state index is 0.0170. The number of pyridine rings is 3. The Balaban J connectivity index is 1.41. The highest BCUT2D eigenvalue weighted by Gasteiger charge is 2.29. The van der Waals surface area contributed by atoms with Crippen LogP contribution in [0.5, 0.6) is 11.6 Å². The normalized spacial score (nSPS) is 14.0. The highest BCUT2D eigenvalue weighted by atomic mass is 35.5. The van der Waals surface area contributed by atoms with Crippen molar-refractivity contribution in [2.75, 3.05) is 26.1 Å². The molecule has 1 saturated heterocycles. The molecule has 1 aliphatic rings. The number of carbonyl (C=O) groups is 3. The van der Waals surface area contributed by atoms with Gasteiger partial charge in [-0.05, 0) is 57.5 Å². The standard InChI is InChI=1S/C37H38ClFN6O6/c1-7-21-18-41-28(17-29(21)49-5)34(47)43-27-10-8-9-25(32(27)39)33-31(38)24(15-16-40-33)26-13-11-22(35(44-26)50-6)19-45(36(48)51-37(2,3)4)20-23-12-14-30(46)42-23/h7-11,13,15-18,23H,1,12,14,19-20H2,2-6H3,(H,42,46)(H,43,47)/t23-/m0/s1. The van der Waals surface area contributed by atoms with Gasteiger partial charge in [0, 0.05) is 59.7 Å². The van der Waals surface area contributed by atoms with E-state index in [0.717, 1.165) is 0 Å². The Morgan fingerprint density at radius 2 is 1.92 bits per heavy atom. The number of aromatic nitrogens is 3. The number of ether oxygens (including phenoxy) is 3. The van der Waals surface area contributed by atoms with Gasteiger partial charge in [-0.1, -0.05) is 30.3 Å². The summed E-state index contributed by atoms with van der Waals surface area (Å²) >= 11 is 6.86. The average molecular weight is 717 g/mol. The Bertz CT molecular complexity index is 1980. The van der Waals surface area contributed by atoms with E-state index in [0.29, 0.717) is 41.0 Å². The van der Waals surface area contributed by atoms with E-state index in [4.69, 9.17) is 25.8 Å². The Morgan fingerprint density at radius 3 is 2.59 bits per heavy atom. The zero-order valence-corrected chi connectivity index (χ0v) is 29.6. The number of anilines is 1. The number of carbonyl (C=O) groups excluding carboxylic acids is 3. The lowest BCUT2D eigenvalue weighted by Crippen LogP contribution is -2.43. The molecular weight excluding hydrogens is 679 g/mol. The molecule has 2 N–H and O–H groups in total. The first-order chi connectivity index (χ1) is 24.3. The molecule has 0 spiro atoms. The van der Waals surface area contributed by atoms with E-state index in [2.05, 4.69) is 32.2 Å². The maximum Gasteiger partial charge on any atom is 0.410 e. The van der Waals surface area contributed by atoms with Crippen LogP contribution < -0.4 is 20.1 Å². The van der Waals surface area contributed by atoms with Gasteiger partial charge in [0.25, 0.3) is 5.91 Å². The predicted molar refractivity (Wildman–Crippen MR) is 191 cm³/mol. The Kier molecular flexibility index (Phi) is 11.2. The topological polar surface area (TPSA) is 145 Å². The first-order valence-electron chi connectivity index (χ1n) is 16.0. The zero-order chi connectivity index (χ0) is 36.9. The maximum atomic E-state index is 16.0. The molecule has 4 aromatic rings. The van der Waals surface area contributed by atoms with E-state index in [9.17, 15) is 14.4 Å². The van der Waals surface area contributed by atoms with Gasteiger partial charge in [0.2, 0.25) is 11.8 Å². The number of nitrogens with one attached hydrogen (secondary N) is 2. The second kappa shape index (κ2) is 15.5. The van der Waals surface area contributed by atoms with Crippen LogP contribution in [0.2, 0.25) is 5.02 Å². The Hall–Kier alpha value is -5.56. The van der Waals surface area contributed by atoms with E-state index in [-0.39, 0.29) is 58.6 Å². The van der Waals surface area contributed by atoms with Crippen LogP contribution in [0.1, 0.15) is 55.2 Å². The fourth-order valence-electron chi connectivity index (χ4n) is 5.46. The van der Waals surface area contributed by atoms with Crippen molar-refractivity contribution in [1.82, 2.24) is 25.2 Å². The largest absolute Gasteiger partial charge is 0.496 e.